The van der Waals surface area contributed by atoms with Crippen LogP contribution in [-0.2, 0) is 16.2 Å². The highest BCUT2D eigenvalue weighted by Gasteiger charge is 2.35. The van der Waals surface area contributed by atoms with Crippen molar-refractivity contribution in [2.45, 2.75) is 13.5 Å². The van der Waals surface area contributed by atoms with E-state index in [9.17, 15) is 14.4 Å². The van der Waals surface area contributed by atoms with Crippen LogP contribution in [0.25, 0.3) is 6.08 Å². The molecule has 11 heteroatoms. The summed E-state index contributed by atoms with van der Waals surface area (Å²) in [6, 6.07) is 15.0. The molecule has 3 aromatic rings. The van der Waals surface area contributed by atoms with Gasteiger partial charge in [-0.3, -0.25) is 9.59 Å². The monoisotopic (exact) mass is 617 g/mol. The van der Waals surface area contributed by atoms with Gasteiger partial charge in [-0.2, -0.15) is 0 Å². The van der Waals surface area contributed by atoms with Crippen molar-refractivity contribution >= 4 is 68.7 Å². The number of carbonyl (C=O) groups is 3. The Hall–Kier alpha value is -3.53. The van der Waals surface area contributed by atoms with E-state index in [0.717, 1.165) is 16.0 Å². The molecule has 1 fully saturated rings. The number of anilines is 1. The smallest absolute Gasteiger partial charge is 0.329 e. The number of urea groups is 1. The number of ether oxygens (including phenoxy) is 2. The van der Waals surface area contributed by atoms with Crippen LogP contribution < -0.4 is 20.1 Å². The number of nitrogens with zero attached hydrogens (tertiary/aromatic N) is 1. The molecule has 0 aliphatic carbocycles. The lowest BCUT2D eigenvalue weighted by molar-refractivity contribution is -0.127. The first-order valence-corrected chi connectivity index (χ1v) is 12.8. The normalized spacial score (nSPS) is 14.0. The van der Waals surface area contributed by atoms with Gasteiger partial charge < -0.3 is 20.1 Å². The highest BCUT2D eigenvalue weighted by atomic mass is 79.9. The predicted molar refractivity (Wildman–Crippen MR) is 150 cm³/mol. The summed E-state index contributed by atoms with van der Waals surface area (Å²) in [6.45, 7) is 1.64. The van der Waals surface area contributed by atoms with Crippen LogP contribution in [0, 0.1) is 6.92 Å². The quantitative estimate of drug-likeness (QED) is 0.232. The molecule has 0 atom stereocenters. The first-order valence-electron chi connectivity index (χ1n) is 11.3. The summed E-state index contributed by atoms with van der Waals surface area (Å²) < 4.78 is 12.0. The number of halogens is 3. The number of benzene rings is 3. The maximum Gasteiger partial charge on any atom is 0.329 e. The highest BCUT2D eigenvalue weighted by Crippen LogP contribution is 2.36. The summed E-state index contributed by atoms with van der Waals surface area (Å²) in [6.07, 6.45) is 1.49. The van der Waals surface area contributed by atoms with Gasteiger partial charge in [-0.05, 0) is 60.5 Å². The molecular formula is C27H22BrCl2N3O5. The van der Waals surface area contributed by atoms with Crippen molar-refractivity contribution < 1.29 is 23.9 Å². The van der Waals surface area contributed by atoms with Gasteiger partial charge >= 0.3 is 6.03 Å². The Morgan fingerprint density at radius 3 is 2.61 bits per heavy atom. The summed E-state index contributed by atoms with van der Waals surface area (Å²) in [5.41, 5.74) is 2.85. The topological polar surface area (TPSA) is 97.0 Å². The third kappa shape index (κ3) is 6.48. The number of hydrogen-bond donors (Lipinski definition) is 2. The van der Waals surface area contributed by atoms with Gasteiger partial charge in [0.25, 0.3) is 5.91 Å². The van der Waals surface area contributed by atoms with Gasteiger partial charge in [0.15, 0.2) is 11.5 Å². The van der Waals surface area contributed by atoms with E-state index in [2.05, 4.69) is 26.6 Å². The molecule has 0 saturated carbocycles. The fourth-order valence-corrected chi connectivity index (χ4v) is 4.57. The van der Waals surface area contributed by atoms with Crippen molar-refractivity contribution in [3.05, 3.63) is 91.5 Å². The van der Waals surface area contributed by atoms with E-state index in [0.29, 0.717) is 37.3 Å². The lowest BCUT2D eigenvalue weighted by Crippen LogP contribution is -2.38. The van der Waals surface area contributed by atoms with Gasteiger partial charge in [-0.15, -0.1) is 0 Å². The maximum absolute atomic E-state index is 12.9. The van der Waals surface area contributed by atoms with E-state index >= 15 is 0 Å². The first-order chi connectivity index (χ1) is 18.1. The fourth-order valence-electron chi connectivity index (χ4n) is 3.67. The zero-order valence-electron chi connectivity index (χ0n) is 20.3. The zero-order valence-corrected chi connectivity index (χ0v) is 23.4. The number of amides is 4. The molecule has 0 radical (unpaired) electrons. The minimum atomic E-state index is -0.691. The predicted octanol–water partition coefficient (Wildman–Crippen LogP) is 6.18. The van der Waals surface area contributed by atoms with Crippen LogP contribution in [0.1, 0.15) is 16.7 Å². The molecule has 3 aromatic carbocycles. The molecule has 4 amide bonds. The van der Waals surface area contributed by atoms with E-state index in [1.807, 2.05) is 13.0 Å². The van der Waals surface area contributed by atoms with Gasteiger partial charge in [0.1, 0.15) is 18.8 Å². The van der Waals surface area contributed by atoms with Crippen LogP contribution >= 0.6 is 39.1 Å². The van der Waals surface area contributed by atoms with E-state index in [1.165, 1.54) is 13.2 Å². The molecule has 0 bridgehead atoms. The number of nitrogens with one attached hydrogen (secondary N) is 2. The van der Waals surface area contributed by atoms with E-state index in [-0.39, 0.29) is 12.3 Å². The van der Waals surface area contributed by atoms with Crippen LogP contribution in [0.15, 0.2) is 64.8 Å². The fraction of sp³-hybridized carbons (Fsp3) is 0.148. The molecule has 1 aliphatic rings. The largest absolute Gasteiger partial charge is 0.493 e. The Labute approximate surface area is 237 Å². The van der Waals surface area contributed by atoms with Gasteiger partial charge in [-0.25, -0.2) is 9.69 Å². The van der Waals surface area contributed by atoms with Crippen molar-refractivity contribution in [3.63, 3.8) is 0 Å². The summed E-state index contributed by atoms with van der Waals surface area (Å²) in [4.78, 5) is 38.7. The second kappa shape index (κ2) is 11.9. The molecule has 0 spiro atoms. The molecule has 38 heavy (non-hydrogen) atoms. The third-order valence-electron chi connectivity index (χ3n) is 5.55. The van der Waals surface area contributed by atoms with Gasteiger partial charge in [0, 0.05) is 25.8 Å². The van der Waals surface area contributed by atoms with E-state index in [4.69, 9.17) is 32.7 Å². The molecule has 1 heterocycles. The first kappa shape index (κ1) is 27.5. The number of imide groups is 1. The number of methoxy groups -OCH3 is 1. The minimum absolute atomic E-state index is 0.0164. The van der Waals surface area contributed by atoms with Crippen molar-refractivity contribution in [2.24, 2.45) is 0 Å². The van der Waals surface area contributed by atoms with E-state index in [1.54, 1.807) is 48.5 Å². The van der Waals surface area contributed by atoms with Crippen molar-refractivity contribution in [1.82, 2.24) is 10.2 Å². The lowest BCUT2D eigenvalue weighted by Gasteiger charge is -2.14. The van der Waals surface area contributed by atoms with Crippen LogP contribution in [-0.4, -0.2) is 36.4 Å². The molecule has 1 aliphatic heterocycles. The SMILES string of the molecule is COc1cc(/C=C2/NC(=O)N(CC(=O)Nc3cccc(C)c3)C2=O)c(Br)cc1OCc1ccc(Cl)cc1Cl. The number of hydrogen-bond acceptors (Lipinski definition) is 5. The Bertz CT molecular complexity index is 1460. The Balaban J connectivity index is 1.48. The second-order valence-electron chi connectivity index (χ2n) is 8.35. The van der Waals surface area contributed by atoms with Crippen LogP contribution in [0.3, 0.4) is 0 Å². The molecule has 1 saturated heterocycles. The van der Waals surface area contributed by atoms with Crippen LogP contribution in [0.2, 0.25) is 10.0 Å². The third-order valence-corrected chi connectivity index (χ3v) is 6.82. The standard InChI is InChI=1S/C27H22BrCl2N3O5/c1-15-4-3-5-19(8-15)31-25(34)13-33-26(35)22(32-27(33)36)9-17-10-23(37-2)24(12-20(17)28)38-14-16-6-7-18(29)11-21(16)30/h3-12H,13-14H2,1-2H3,(H,31,34)(H,32,36)/b22-9+. The summed E-state index contributed by atoms with van der Waals surface area (Å²) in [7, 11) is 1.49. The molecule has 0 unspecified atom stereocenters. The number of carbonyl (C=O) groups excluding carboxylic acids is 3. The molecular weight excluding hydrogens is 597 g/mol. The Morgan fingerprint density at radius 2 is 1.89 bits per heavy atom. The maximum atomic E-state index is 12.9. The summed E-state index contributed by atoms with van der Waals surface area (Å²) >= 11 is 15.7. The van der Waals surface area contributed by atoms with Gasteiger partial charge in [0.05, 0.1) is 7.11 Å². The summed E-state index contributed by atoms with van der Waals surface area (Å²) in [5.74, 6) is -0.288. The van der Waals surface area contributed by atoms with Crippen molar-refractivity contribution in [1.29, 1.82) is 0 Å². The second-order valence-corrected chi connectivity index (χ2v) is 10.0. The van der Waals surface area contributed by atoms with Gasteiger partial charge in [-0.1, -0.05) is 57.3 Å². The zero-order chi connectivity index (χ0) is 27.4. The minimum Gasteiger partial charge on any atom is -0.493 e. The van der Waals surface area contributed by atoms with Crippen molar-refractivity contribution in [2.75, 3.05) is 19.0 Å². The van der Waals surface area contributed by atoms with Gasteiger partial charge in [0.2, 0.25) is 5.91 Å². The number of aryl methyl sites for hydroxylation is 1. The molecule has 4 rings (SSSR count). The average molecular weight is 619 g/mol. The molecule has 8 nitrogen and oxygen atoms in total. The molecule has 2 N–H and O–H groups in total. The lowest BCUT2D eigenvalue weighted by atomic mass is 10.1. The Morgan fingerprint density at radius 1 is 1.11 bits per heavy atom. The summed E-state index contributed by atoms with van der Waals surface area (Å²) in [5, 5.41) is 6.21. The Kier molecular flexibility index (Phi) is 8.61. The average Bonchev–Trinajstić information content (AvgIpc) is 3.12. The molecule has 0 aromatic heterocycles. The number of rotatable bonds is 8. The van der Waals surface area contributed by atoms with Crippen molar-refractivity contribution in [3.8, 4) is 11.5 Å². The van der Waals surface area contributed by atoms with Crippen LogP contribution in [0.4, 0.5) is 10.5 Å². The van der Waals surface area contributed by atoms with Crippen LogP contribution in [0.5, 0.6) is 11.5 Å². The van der Waals surface area contributed by atoms with E-state index < -0.39 is 24.4 Å². The highest BCUT2D eigenvalue weighted by molar-refractivity contribution is 9.10. The molecule has 196 valence electrons.